The number of rotatable bonds is 4. The largest absolute Gasteiger partial charge is 0.392 e. The Balaban J connectivity index is 2.15. The molecule has 1 saturated carbocycles. The first kappa shape index (κ1) is 15.9. The molecule has 21 heavy (non-hydrogen) atoms. The van der Waals surface area contributed by atoms with Gasteiger partial charge in [0, 0.05) is 24.1 Å². The molecule has 7 heteroatoms. The molecule has 0 heterocycles. The highest BCUT2D eigenvalue weighted by Crippen LogP contribution is 2.41. The van der Waals surface area contributed by atoms with Crippen LogP contribution in [-0.2, 0) is 10.0 Å². The van der Waals surface area contributed by atoms with Gasteiger partial charge in [-0.05, 0) is 30.7 Å². The summed E-state index contributed by atoms with van der Waals surface area (Å²) in [6.07, 6.45) is -0.0939. The Morgan fingerprint density at radius 3 is 2.29 bits per heavy atom. The molecule has 1 aromatic rings. The average molecular weight is 312 g/mol. The molecule has 1 amide bonds. The fraction of sp³-hybridized carbons (Fsp3) is 0.500. The maximum Gasteiger partial charge on any atom is 0.251 e. The minimum absolute atomic E-state index is 0.104. The highest BCUT2D eigenvalue weighted by molar-refractivity contribution is 7.89. The molecule has 0 aliphatic heterocycles. The SMILES string of the molecule is CNC(=O)c1ccc(S(=O)(=O)NC2CC(O)C2(C)C)cc1. The van der Waals surface area contributed by atoms with Crippen molar-refractivity contribution in [1.82, 2.24) is 10.0 Å². The van der Waals surface area contributed by atoms with Crippen LogP contribution in [0.5, 0.6) is 0 Å². The Labute approximate surface area is 124 Å². The van der Waals surface area contributed by atoms with Crippen molar-refractivity contribution in [2.45, 2.75) is 37.3 Å². The summed E-state index contributed by atoms with van der Waals surface area (Å²) in [7, 11) is -2.14. The number of benzene rings is 1. The van der Waals surface area contributed by atoms with E-state index in [9.17, 15) is 18.3 Å². The maximum absolute atomic E-state index is 12.3. The number of carbonyl (C=O) groups excluding carboxylic acids is 1. The predicted molar refractivity (Wildman–Crippen MR) is 78.3 cm³/mol. The lowest BCUT2D eigenvalue weighted by atomic mass is 9.65. The van der Waals surface area contributed by atoms with Gasteiger partial charge in [-0.3, -0.25) is 4.79 Å². The molecule has 2 rings (SSSR count). The third-order valence-corrected chi connectivity index (χ3v) is 5.65. The molecule has 1 fully saturated rings. The number of sulfonamides is 1. The molecule has 2 atom stereocenters. The van der Waals surface area contributed by atoms with E-state index in [0.29, 0.717) is 12.0 Å². The van der Waals surface area contributed by atoms with Crippen LogP contribution < -0.4 is 10.0 Å². The number of hydrogen-bond acceptors (Lipinski definition) is 4. The van der Waals surface area contributed by atoms with Gasteiger partial charge < -0.3 is 10.4 Å². The monoisotopic (exact) mass is 312 g/mol. The third kappa shape index (κ3) is 2.95. The van der Waals surface area contributed by atoms with Crippen LogP contribution in [0.1, 0.15) is 30.6 Å². The summed E-state index contributed by atoms with van der Waals surface area (Å²) in [5.74, 6) is -0.268. The molecule has 0 bridgehead atoms. The summed E-state index contributed by atoms with van der Waals surface area (Å²) in [4.78, 5) is 11.5. The van der Waals surface area contributed by atoms with E-state index in [1.54, 1.807) is 0 Å². The first-order chi connectivity index (χ1) is 9.68. The molecular weight excluding hydrogens is 292 g/mol. The van der Waals surface area contributed by atoms with Crippen LogP contribution in [0.2, 0.25) is 0 Å². The van der Waals surface area contributed by atoms with Gasteiger partial charge in [-0.2, -0.15) is 0 Å². The molecule has 2 unspecified atom stereocenters. The third-order valence-electron chi connectivity index (χ3n) is 4.17. The maximum atomic E-state index is 12.3. The van der Waals surface area contributed by atoms with Gasteiger partial charge >= 0.3 is 0 Å². The van der Waals surface area contributed by atoms with E-state index in [1.165, 1.54) is 31.3 Å². The van der Waals surface area contributed by atoms with Gasteiger partial charge in [0.05, 0.1) is 11.0 Å². The summed E-state index contributed by atoms with van der Waals surface area (Å²) < 4.78 is 27.2. The second-order valence-corrected chi connectivity index (χ2v) is 7.56. The number of amides is 1. The fourth-order valence-electron chi connectivity index (χ4n) is 2.29. The highest BCUT2D eigenvalue weighted by atomic mass is 32.2. The van der Waals surface area contributed by atoms with Crippen molar-refractivity contribution in [3.63, 3.8) is 0 Å². The first-order valence-corrected chi connectivity index (χ1v) is 8.19. The lowest BCUT2D eigenvalue weighted by Crippen LogP contribution is -2.61. The second-order valence-electron chi connectivity index (χ2n) is 5.85. The standard InChI is InChI=1S/C14H20N2O4S/c1-14(2)11(8-12(14)17)16-21(19,20)10-6-4-9(5-7-10)13(18)15-3/h4-7,11-12,16-17H,8H2,1-3H3,(H,15,18). The second kappa shape index (κ2) is 5.40. The van der Waals surface area contributed by atoms with Gasteiger partial charge in [0.25, 0.3) is 5.91 Å². The molecule has 1 aliphatic carbocycles. The van der Waals surface area contributed by atoms with Crippen LogP contribution in [0.3, 0.4) is 0 Å². The number of hydrogen-bond donors (Lipinski definition) is 3. The zero-order valence-corrected chi connectivity index (χ0v) is 13.1. The van der Waals surface area contributed by atoms with E-state index in [4.69, 9.17) is 0 Å². The van der Waals surface area contributed by atoms with E-state index < -0.39 is 21.5 Å². The van der Waals surface area contributed by atoms with Crippen LogP contribution in [0, 0.1) is 5.41 Å². The van der Waals surface area contributed by atoms with Crippen LogP contribution in [0.25, 0.3) is 0 Å². The highest BCUT2D eigenvalue weighted by Gasteiger charge is 2.48. The van der Waals surface area contributed by atoms with Crippen molar-refractivity contribution in [3.05, 3.63) is 29.8 Å². The lowest BCUT2D eigenvalue weighted by Gasteiger charge is -2.49. The zero-order chi connectivity index (χ0) is 15.8. The number of aliphatic hydroxyl groups is 1. The van der Waals surface area contributed by atoms with E-state index in [-0.39, 0.29) is 16.8 Å². The molecule has 3 N–H and O–H groups in total. The van der Waals surface area contributed by atoms with Crippen molar-refractivity contribution >= 4 is 15.9 Å². The first-order valence-electron chi connectivity index (χ1n) is 6.71. The molecular formula is C14H20N2O4S. The van der Waals surface area contributed by atoms with E-state index >= 15 is 0 Å². The minimum atomic E-state index is -3.66. The Morgan fingerprint density at radius 1 is 1.29 bits per heavy atom. The van der Waals surface area contributed by atoms with Gasteiger partial charge in [-0.25, -0.2) is 13.1 Å². The molecule has 6 nitrogen and oxygen atoms in total. The van der Waals surface area contributed by atoms with Crippen LogP contribution >= 0.6 is 0 Å². The van der Waals surface area contributed by atoms with Crippen LogP contribution in [0.15, 0.2) is 29.2 Å². The number of aliphatic hydroxyl groups excluding tert-OH is 1. The average Bonchev–Trinajstić information content (AvgIpc) is 2.46. The molecule has 116 valence electrons. The normalized spacial score (nSPS) is 24.2. The summed E-state index contributed by atoms with van der Waals surface area (Å²) in [6.45, 7) is 3.64. The Hall–Kier alpha value is -1.44. The molecule has 0 saturated heterocycles. The van der Waals surface area contributed by atoms with Crippen molar-refractivity contribution < 1.29 is 18.3 Å². The lowest BCUT2D eigenvalue weighted by molar-refractivity contribution is -0.0645. The van der Waals surface area contributed by atoms with Crippen LogP contribution in [0.4, 0.5) is 0 Å². The fourth-order valence-corrected chi connectivity index (χ4v) is 3.69. The van der Waals surface area contributed by atoms with Crippen molar-refractivity contribution in [1.29, 1.82) is 0 Å². The summed E-state index contributed by atoms with van der Waals surface area (Å²) in [6, 6.07) is 5.43. The van der Waals surface area contributed by atoms with E-state index in [2.05, 4.69) is 10.0 Å². The van der Waals surface area contributed by atoms with Crippen LogP contribution in [-0.4, -0.2) is 38.6 Å². The molecule has 0 radical (unpaired) electrons. The van der Waals surface area contributed by atoms with E-state index in [0.717, 1.165) is 0 Å². The Kier molecular flexibility index (Phi) is 4.10. The van der Waals surface area contributed by atoms with E-state index in [1.807, 2.05) is 13.8 Å². The smallest absolute Gasteiger partial charge is 0.251 e. The summed E-state index contributed by atoms with van der Waals surface area (Å²) in [5.41, 5.74) is -0.0781. The number of carbonyl (C=O) groups is 1. The minimum Gasteiger partial charge on any atom is -0.392 e. The van der Waals surface area contributed by atoms with Crippen molar-refractivity contribution in [3.8, 4) is 0 Å². The van der Waals surface area contributed by atoms with Gasteiger partial charge in [-0.15, -0.1) is 0 Å². The van der Waals surface area contributed by atoms with Gasteiger partial charge in [-0.1, -0.05) is 13.8 Å². The molecule has 1 aliphatic rings. The van der Waals surface area contributed by atoms with Gasteiger partial charge in [0.1, 0.15) is 0 Å². The molecule has 0 aromatic heterocycles. The molecule has 0 spiro atoms. The quantitative estimate of drug-likeness (QED) is 0.754. The van der Waals surface area contributed by atoms with Crippen molar-refractivity contribution in [2.75, 3.05) is 7.05 Å². The summed E-state index contributed by atoms with van der Waals surface area (Å²) >= 11 is 0. The van der Waals surface area contributed by atoms with Crippen molar-refractivity contribution in [2.24, 2.45) is 5.41 Å². The summed E-state index contributed by atoms with van der Waals surface area (Å²) in [5, 5.41) is 12.1. The zero-order valence-electron chi connectivity index (χ0n) is 12.3. The Morgan fingerprint density at radius 2 is 1.86 bits per heavy atom. The predicted octanol–water partition coefficient (Wildman–Crippen LogP) is 0.484. The van der Waals surface area contributed by atoms with Gasteiger partial charge in [0.15, 0.2) is 0 Å². The molecule has 1 aromatic carbocycles. The van der Waals surface area contributed by atoms with Gasteiger partial charge in [0.2, 0.25) is 10.0 Å². The number of nitrogens with one attached hydrogen (secondary N) is 2. The topological polar surface area (TPSA) is 95.5 Å². The Bertz CT molecular complexity index is 637.